The van der Waals surface area contributed by atoms with Gasteiger partial charge in [-0.05, 0) is 6.07 Å². The van der Waals surface area contributed by atoms with E-state index in [-0.39, 0.29) is 12.4 Å². The number of aromatic nitrogens is 2. The van der Waals surface area contributed by atoms with Gasteiger partial charge in [-0.3, -0.25) is 0 Å². The maximum atomic E-state index is 13.4. The van der Waals surface area contributed by atoms with Crippen LogP contribution >= 0.6 is 0 Å². The average Bonchev–Trinajstić information content (AvgIpc) is 2.45. The number of hydrogen-bond acceptors (Lipinski definition) is 4. The van der Waals surface area contributed by atoms with Crippen molar-refractivity contribution in [1.29, 1.82) is 0 Å². The van der Waals surface area contributed by atoms with Gasteiger partial charge in [0.25, 0.3) is 11.9 Å². The molecule has 1 N–H and O–H groups in total. The maximum Gasteiger partial charge on any atom is 0.253 e. The molecule has 0 radical (unpaired) electrons. The van der Waals surface area contributed by atoms with Crippen molar-refractivity contribution in [1.82, 2.24) is 9.97 Å². The number of ether oxygens (including phenoxy) is 1. The molecule has 0 aromatic carbocycles. The van der Waals surface area contributed by atoms with Crippen LogP contribution in [0, 0.1) is 23.5 Å². The zero-order chi connectivity index (χ0) is 14.7. The van der Waals surface area contributed by atoms with Crippen LogP contribution in [-0.4, -0.2) is 17.1 Å². The zero-order valence-corrected chi connectivity index (χ0v) is 10.3. The van der Waals surface area contributed by atoms with Crippen LogP contribution in [-0.2, 0) is 6.54 Å². The highest BCUT2D eigenvalue weighted by atomic mass is 19.2. The Kier molecular flexibility index (Phi) is 4.02. The number of rotatable bonds is 4. The molecule has 0 aliphatic rings. The SMILES string of the molecule is COc1ncccc1CNc1c(F)c(F)nc(F)c1F. The smallest absolute Gasteiger partial charge is 0.253 e. The largest absolute Gasteiger partial charge is 0.481 e. The van der Waals surface area contributed by atoms with Crippen molar-refractivity contribution in [2.24, 2.45) is 0 Å². The highest BCUT2D eigenvalue weighted by Gasteiger charge is 2.20. The van der Waals surface area contributed by atoms with Gasteiger partial charge in [0.2, 0.25) is 17.5 Å². The highest BCUT2D eigenvalue weighted by Crippen LogP contribution is 2.23. The van der Waals surface area contributed by atoms with Crippen molar-refractivity contribution in [2.45, 2.75) is 6.54 Å². The molecule has 0 atom stereocenters. The fourth-order valence-corrected chi connectivity index (χ4v) is 1.57. The molecule has 0 amide bonds. The molecular formula is C12H9F4N3O. The third-order valence-electron chi connectivity index (χ3n) is 2.50. The van der Waals surface area contributed by atoms with E-state index >= 15 is 0 Å². The maximum absolute atomic E-state index is 13.4. The molecule has 20 heavy (non-hydrogen) atoms. The van der Waals surface area contributed by atoms with Crippen molar-refractivity contribution in [3.05, 3.63) is 47.4 Å². The van der Waals surface area contributed by atoms with E-state index in [1.54, 1.807) is 12.1 Å². The Bertz CT molecular complexity index is 610. The van der Waals surface area contributed by atoms with E-state index < -0.39 is 29.2 Å². The van der Waals surface area contributed by atoms with Gasteiger partial charge in [0, 0.05) is 18.3 Å². The molecule has 0 aliphatic heterocycles. The summed E-state index contributed by atoms with van der Waals surface area (Å²) in [6.07, 6.45) is 1.47. The highest BCUT2D eigenvalue weighted by molar-refractivity contribution is 5.46. The van der Waals surface area contributed by atoms with Gasteiger partial charge in [0.15, 0.2) is 0 Å². The lowest BCUT2D eigenvalue weighted by Crippen LogP contribution is -2.10. The summed E-state index contributed by atoms with van der Waals surface area (Å²) in [5.74, 6) is -6.39. The van der Waals surface area contributed by atoms with Crippen LogP contribution in [0.4, 0.5) is 23.2 Å². The van der Waals surface area contributed by atoms with Crippen LogP contribution in [0.1, 0.15) is 5.56 Å². The van der Waals surface area contributed by atoms with Gasteiger partial charge in [-0.25, -0.2) is 4.98 Å². The number of nitrogens with one attached hydrogen (secondary N) is 1. The lowest BCUT2D eigenvalue weighted by Gasteiger charge is -2.11. The van der Waals surface area contributed by atoms with Crippen molar-refractivity contribution >= 4 is 5.69 Å². The predicted octanol–water partition coefficient (Wildman–Crippen LogP) is 2.65. The monoisotopic (exact) mass is 287 g/mol. The fraction of sp³-hybridized carbons (Fsp3) is 0.167. The van der Waals surface area contributed by atoms with Crippen LogP contribution in [0.2, 0.25) is 0 Å². The molecule has 0 unspecified atom stereocenters. The first-order chi connectivity index (χ1) is 9.54. The number of nitrogens with zero attached hydrogens (tertiary/aromatic N) is 2. The second kappa shape index (κ2) is 5.72. The van der Waals surface area contributed by atoms with E-state index in [0.717, 1.165) is 0 Å². The van der Waals surface area contributed by atoms with Gasteiger partial charge in [-0.15, -0.1) is 0 Å². The van der Waals surface area contributed by atoms with Gasteiger partial charge >= 0.3 is 0 Å². The van der Waals surface area contributed by atoms with E-state index in [2.05, 4.69) is 15.3 Å². The average molecular weight is 287 g/mol. The van der Waals surface area contributed by atoms with Crippen molar-refractivity contribution in [3.63, 3.8) is 0 Å². The van der Waals surface area contributed by atoms with Gasteiger partial charge in [-0.1, -0.05) is 6.07 Å². The summed E-state index contributed by atoms with van der Waals surface area (Å²) >= 11 is 0. The number of methoxy groups -OCH3 is 1. The molecule has 4 nitrogen and oxygen atoms in total. The molecular weight excluding hydrogens is 278 g/mol. The summed E-state index contributed by atoms with van der Waals surface area (Å²) in [6, 6.07) is 3.17. The molecule has 0 fully saturated rings. The van der Waals surface area contributed by atoms with Crippen LogP contribution in [0.15, 0.2) is 18.3 Å². The van der Waals surface area contributed by atoms with Gasteiger partial charge < -0.3 is 10.1 Å². The zero-order valence-electron chi connectivity index (χ0n) is 10.3. The second-order valence-electron chi connectivity index (χ2n) is 3.72. The number of halogens is 4. The van der Waals surface area contributed by atoms with Crippen LogP contribution < -0.4 is 10.1 Å². The Balaban J connectivity index is 2.27. The normalized spacial score (nSPS) is 10.4. The Morgan fingerprint density at radius 1 is 1.15 bits per heavy atom. The Morgan fingerprint density at radius 2 is 1.80 bits per heavy atom. The molecule has 8 heteroatoms. The van der Waals surface area contributed by atoms with Gasteiger partial charge in [-0.2, -0.15) is 22.5 Å². The molecule has 0 saturated heterocycles. The van der Waals surface area contributed by atoms with E-state index in [4.69, 9.17) is 4.74 Å². The third kappa shape index (κ3) is 2.63. The predicted molar refractivity (Wildman–Crippen MR) is 62.2 cm³/mol. The quantitative estimate of drug-likeness (QED) is 0.693. The molecule has 2 heterocycles. The first kappa shape index (κ1) is 14.0. The standard InChI is InChI=1S/C12H9F4N3O/c1-20-12-6(3-2-4-17-12)5-18-9-7(13)10(15)19-11(16)8(9)14/h2-4H,5H2,1H3,(H,18,19). The fourth-order valence-electron chi connectivity index (χ4n) is 1.57. The summed E-state index contributed by atoms with van der Waals surface area (Å²) in [4.78, 5) is 6.34. The van der Waals surface area contributed by atoms with Gasteiger partial charge in [0.05, 0.1) is 7.11 Å². The molecule has 0 bridgehead atoms. The summed E-state index contributed by atoms with van der Waals surface area (Å²) in [6.45, 7) is -0.131. The third-order valence-corrected chi connectivity index (χ3v) is 2.50. The summed E-state index contributed by atoms with van der Waals surface area (Å²) in [5, 5.41) is 2.26. The number of hydrogen-bond donors (Lipinski definition) is 1. The summed E-state index contributed by atoms with van der Waals surface area (Å²) < 4.78 is 57.5. The lowest BCUT2D eigenvalue weighted by atomic mass is 10.2. The number of pyridine rings is 2. The minimum atomic E-state index is -1.72. The summed E-state index contributed by atoms with van der Waals surface area (Å²) in [5.41, 5.74) is -0.465. The molecule has 0 saturated carbocycles. The van der Waals surface area contributed by atoms with Crippen molar-refractivity contribution in [2.75, 3.05) is 12.4 Å². The number of anilines is 1. The van der Waals surface area contributed by atoms with Crippen LogP contribution in [0.3, 0.4) is 0 Å². The Labute approximate surface area is 111 Å². The first-order valence-electron chi connectivity index (χ1n) is 5.46. The van der Waals surface area contributed by atoms with E-state index in [1.165, 1.54) is 13.3 Å². The summed E-state index contributed by atoms with van der Waals surface area (Å²) in [7, 11) is 1.37. The topological polar surface area (TPSA) is 47.0 Å². The van der Waals surface area contributed by atoms with Gasteiger partial charge in [0.1, 0.15) is 5.69 Å². The Hall–Kier alpha value is -2.38. The molecule has 2 rings (SSSR count). The molecule has 0 spiro atoms. The van der Waals surface area contributed by atoms with Crippen LogP contribution in [0.25, 0.3) is 0 Å². The molecule has 2 aromatic heterocycles. The minimum Gasteiger partial charge on any atom is -0.481 e. The molecule has 2 aromatic rings. The van der Waals surface area contributed by atoms with E-state index in [1.807, 2.05) is 0 Å². The Morgan fingerprint density at radius 3 is 2.40 bits per heavy atom. The van der Waals surface area contributed by atoms with E-state index in [0.29, 0.717) is 5.56 Å². The first-order valence-corrected chi connectivity index (χ1v) is 5.46. The lowest BCUT2D eigenvalue weighted by molar-refractivity contribution is 0.392. The molecule has 106 valence electrons. The minimum absolute atomic E-state index is 0.131. The van der Waals surface area contributed by atoms with Crippen molar-refractivity contribution < 1.29 is 22.3 Å². The molecule has 0 aliphatic carbocycles. The van der Waals surface area contributed by atoms with E-state index in [9.17, 15) is 17.6 Å². The second-order valence-corrected chi connectivity index (χ2v) is 3.72. The van der Waals surface area contributed by atoms with Crippen LogP contribution in [0.5, 0.6) is 5.88 Å². The van der Waals surface area contributed by atoms with Crippen molar-refractivity contribution in [3.8, 4) is 5.88 Å².